The summed E-state index contributed by atoms with van der Waals surface area (Å²) in [5.74, 6) is 0.874. The first-order valence-corrected chi connectivity index (χ1v) is 7.26. The third-order valence-corrected chi connectivity index (χ3v) is 4.68. The lowest BCUT2D eigenvalue weighted by molar-refractivity contribution is 0.164. The second-order valence-corrected chi connectivity index (χ2v) is 5.98. The van der Waals surface area contributed by atoms with E-state index in [1.165, 1.54) is 30.7 Å². The predicted octanol–water partition coefficient (Wildman–Crippen LogP) is 2.78. The van der Waals surface area contributed by atoms with Crippen LogP contribution in [0.15, 0.2) is 11.6 Å². The number of hydrogen-bond acceptors (Lipinski definition) is 4. The van der Waals surface area contributed by atoms with Gasteiger partial charge in [-0.15, -0.1) is 11.3 Å². The lowest BCUT2D eigenvalue weighted by atomic mass is 9.76. The average Bonchev–Trinajstić information content (AvgIpc) is 2.78. The van der Waals surface area contributed by atoms with Crippen molar-refractivity contribution in [3.63, 3.8) is 0 Å². The summed E-state index contributed by atoms with van der Waals surface area (Å²) in [6.45, 7) is 3.92. The number of ether oxygens (including phenoxy) is 1. The van der Waals surface area contributed by atoms with Gasteiger partial charge in [0.15, 0.2) is 0 Å². The molecule has 2 rings (SSSR count). The maximum Gasteiger partial charge on any atom is 0.112 e. The minimum Gasteiger partial charge on any atom is -0.383 e. The Bertz CT molecular complexity index is 324. The van der Waals surface area contributed by atoms with Crippen molar-refractivity contribution in [1.82, 2.24) is 10.3 Å². The van der Waals surface area contributed by atoms with E-state index in [0.29, 0.717) is 0 Å². The highest BCUT2D eigenvalue weighted by Gasteiger charge is 2.33. The van der Waals surface area contributed by atoms with Crippen molar-refractivity contribution < 1.29 is 4.74 Å². The summed E-state index contributed by atoms with van der Waals surface area (Å²) >= 11 is 1.75. The molecule has 1 saturated carbocycles. The molecule has 1 atom stereocenters. The first-order chi connectivity index (χ1) is 8.24. The molecule has 0 bridgehead atoms. The van der Waals surface area contributed by atoms with Crippen molar-refractivity contribution in [3.05, 3.63) is 16.6 Å². The van der Waals surface area contributed by atoms with Gasteiger partial charge in [-0.05, 0) is 19.3 Å². The molecule has 1 aliphatic carbocycles. The second-order valence-electron chi connectivity index (χ2n) is 5.09. The van der Waals surface area contributed by atoms with Crippen LogP contribution in [0.3, 0.4) is 0 Å². The van der Waals surface area contributed by atoms with Gasteiger partial charge in [0.1, 0.15) is 5.01 Å². The fraction of sp³-hybridized carbons (Fsp3) is 0.769. The Morgan fingerprint density at radius 3 is 2.94 bits per heavy atom. The molecule has 0 saturated heterocycles. The Balaban J connectivity index is 1.99. The molecule has 0 spiro atoms. The van der Waals surface area contributed by atoms with E-state index in [9.17, 15) is 0 Å². The van der Waals surface area contributed by atoms with E-state index in [1.54, 1.807) is 18.4 Å². The summed E-state index contributed by atoms with van der Waals surface area (Å²) in [4.78, 5) is 4.49. The predicted molar refractivity (Wildman–Crippen MR) is 71.3 cm³/mol. The van der Waals surface area contributed by atoms with Crippen LogP contribution in [-0.2, 0) is 10.3 Å². The fourth-order valence-corrected chi connectivity index (χ4v) is 3.22. The standard InChI is InChI=1S/C13H22N2OS/c1-13(15-6-8-16-2,10-11-4-3-5-11)12-14-7-9-17-12/h7,9,11,15H,3-6,8,10H2,1-2H3. The number of nitrogens with zero attached hydrogens (tertiary/aromatic N) is 1. The molecule has 1 aromatic rings. The molecule has 1 fully saturated rings. The summed E-state index contributed by atoms with van der Waals surface area (Å²) in [7, 11) is 1.74. The molecule has 17 heavy (non-hydrogen) atoms. The Labute approximate surface area is 108 Å². The molecule has 3 nitrogen and oxygen atoms in total. The smallest absolute Gasteiger partial charge is 0.112 e. The molecule has 1 aromatic heterocycles. The maximum atomic E-state index is 5.12. The number of nitrogens with one attached hydrogen (secondary N) is 1. The van der Waals surface area contributed by atoms with E-state index in [-0.39, 0.29) is 5.54 Å². The number of methoxy groups -OCH3 is 1. The van der Waals surface area contributed by atoms with Crippen molar-refractivity contribution in [2.24, 2.45) is 5.92 Å². The van der Waals surface area contributed by atoms with Crippen LogP contribution in [-0.4, -0.2) is 25.2 Å². The molecule has 1 aliphatic rings. The second kappa shape index (κ2) is 5.94. The topological polar surface area (TPSA) is 34.1 Å². The highest BCUT2D eigenvalue weighted by Crippen LogP contribution is 2.38. The molecular formula is C13H22N2OS. The van der Waals surface area contributed by atoms with Gasteiger partial charge in [0, 0.05) is 25.2 Å². The Morgan fingerprint density at radius 2 is 2.41 bits per heavy atom. The average molecular weight is 254 g/mol. The van der Waals surface area contributed by atoms with E-state index in [1.807, 2.05) is 6.20 Å². The minimum absolute atomic E-state index is 0.0256. The first-order valence-electron chi connectivity index (χ1n) is 6.38. The van der Waals surface area contributed by atoms with Gasteiger partial charge in [-0.2, -0.15) is 0 Å². The SMILES string of the molecule is COCCNC(C)(CC1CCC1)c1nccs1. The third-order valence-electron chi connectivity index (χ3n) is 3.65. The fourth-order valence-electron chi connectivity index (χ4n) is 2.43. The summed E-state index contributed by atoms with van der Waals surface area (Å²) in [5, 5.41) is 6.89. The number of rotatable bonds is 7. The van der Waals surface area contributed by atoms with Gasteiger partial charge in [0.25, 0.3) is 0 Å². The van der Waals surface area contributed by atoms with Crippen molar-refractivity contribution in [1.29, 1.82) is 0 Å². The van der Waals surface area contributed by atoms with Crippen LogP contribution in [0.1, 0.15) is 37.6 Å². The van der Waals surface area contributed by atoms with Crippen molar-refractivity contribution in [2.75, 3.05) is 20.3 Å². The van der Waals surface area contributed by atoms with Crippen LogP contribution in [0.4, 0.5) is 0 Å². The van der Waals surface area contributed by atoms with Crippen LogP contribution in [0.5, 0.6) is 0 Å². The van der Waals surface area contributed by atoms with Crippen molar-refractivity contribution >= 4 is 11.3 Å². The van der Waals surface area contributed by atoms with Gasteiger partial charge in [0.05, 0.1) is 12.1 Å². The number of aromatic nitrogens is 1. The van der Waals surface area contributed by atoms with Gasteiger partial charge >= 0.3 is 0 Å². The van der Waals surface area contributed by atoms with Gasteiger partial charge in [-0.1, -0.05) is 19.3 Å². The minimum atomic E-state index is 0.0256. The zero-order valence-corrected chi connectivity index (χ0v) is 11.6. The Hall–Kier alpha value is -0.450. The summed E-state index contributed by atoms with van der Waals surface area (Å²) in [5.41, 5.74) is 0.0256. The molecule has 0 amide bonds. The number of hydrogen-bond donors (Lipinski definition) is 1. The third kappa shape index (κ3) is 3.27. The highest BCUT2D eigenvalue weighted by atomic mass is 32.1. The molecule has 1 N–H and O–H groups in total. The normalized spacial score (nSPS) is 19.9. The Morgan fingerprint density at radius 1 is 1.59 bits per heavy atom. The van der Waals surface area contributed by atoms with E-state index in [0.717, 1.165) is 19.1 Å². The van der Waals surface area contributed by atoms with E-state index < -0.39 is 0 Å². The van der Waals surface area contributed by atoms with Crippen molar-refractivity contribution in [3.8, 4) is 0 Å². The van der Waals surface area contributed by atoms with Gasteiger partial charge in [-0.3, -0.25) is 0 Å². The quantitative estimate of drug-likeness (QED) is 0.760. The van der Waals surface area contributed by atoms with Crippen LogP contribution in [0, 0.1) is 5.92 Å². The molecule has 0 aliphatic heterocycles. The summed E-state index contributed by atoms with van der Waals surface area (Å²) in [6.07, 6.45) is 7.26. The first kappa shape index (κ1) is 13.0. The molecule has 4 heteroatoms. The zero-order chi connectivity index (χ0) is 12.1. The van der Waals surface area contributed by atoms with Crippen LogP contribution in [0.25, 0.3) is 0 Å². The maximum absolute atomic E-state index is 5.12. The van der Waals surface area contributed by atoms with E-state index in [2.05, 4.69) is 22.6 Å². The summed E-state index contributed by atoms with van der Waals surface area (Å²) in [6, 6.07) is 0. The largest absolute Gasteiger partial charge is 0.383 e. The van der Waals surface area contributed by atoms with Crippen LogP contribution >= 0.6 is 11.3 Å². The van der Waals surface area contributed by atoms with Crippen LogP contribution < -0.4 is 5.32 Å². The molecule has 96 valence electrons. The van der Waals surface area contributed by atoms with E-state index >= 15 is 0 Å². The molecule has 0 radical (unpaired) electrons. The molecule has 1 heterocycles. The van der Waals surface area contributed by atoms with Gasteiger partial charge in [0.2, 0.25) is 0 Å². The zero-order valence-electron chi connectivity index (χ0n) is 10.7. The van der Waals surface area contributed by atoms with Gasteiger partial charge in [-0.25, -0.2) is 4.98 Å². The number of thiazole rings is 1. The molecule has 1 unspecified atom stereocenters. The molecule has 0 aromatic carbocycles. The Kier molecular flexibility index (Phi) is 4.54. The van der Waals surface area contributed by atoms with Gasteiger partial charge < -0.3 is 10.1 Å². The van der Waals surface area contributed by atoms with E-state index in [4.69, 9.17) is 4.74 Å². The monoisotopic (exact) mass is 254 g/mol. The highest BCUT2D eigenvalue weighted by molar-refractivity contribution is 7.09. The lowest BCUT2D eigenvalue weighted by Crippen LogP contribution is -2.43. The van der Waals surface area contributed by atoms with Crippen molar-refractivity contribution in [2.45, 2.75) is 38.1 Å². The van der Waals surface area contributed by atoms with Crippen LogP contribution in [0.2, 0.25) is 0 Å². The molecular weight excluding hydrogens is 232 g/mol. The summed E-state index contributed by atoms with van der Waals surface area (Å²) < 4.78 is 5.12. The lowest BCUT2D eigenvalue weighted by Gasteiger charge is -2.36.